The third-order valence-corrected chi connectivity index (χ3v) is 3.86. The van der Waals surface area contributed by atoms with Crippen LogP contribution in [0.25, 0.3) is 11.5 Å². The molecule has 2 aromatic rings. The SMILES string of the molecule is CCCN(Cc1noc(-c2cccc(C)c2)n1)C1CNC1. The predicted octanol–water partition coefficient (Wildman–Crippen LogP) is 2.23. The van der Waals surface area contributed by atoms with Gasteiger partial charge in [0.25, 0.3) is 5.89 Å². The van der Waals surface area contributed by atoms with Crippen molar-refractivity contribution >= 4 is 0 Å². The molecule has 0 unspecified atom stereocenters. The number of benzene rings is 1. The summed E-state index contributed by atoms with van der Waals surface area (Å²) in [5.74, 6) is 1.38. The lowest BCUT2D eigenvalue weighted by Gasteiger charge is -2.37. The molecule has 0 radical (unpaired) electrons. The molecule has 112 valence electrons. The van der Waals surface area contributed by atoms with Crippen LogP contribution in [-0.4, -0.2) is 40.7 Å². The van der Waals surface area contributed by atoms with Gasteiger partial charge in [-0.05, 0) is 32.0 Å². The molecule has 0 bridgehead atoms. The van der Waals surface area contributed by atoms with Crippen LogP contribution in [-0.2, 0) is 6.54 Å². The van der Waals surface area contributed by atoms with E-state index in [1.54, 1.807) is 0 Å². The third-order valence-electron chi connectivity index (χ3n) is 3.86. The molecule has 1 aromatic carbocycles. The number of rotatable bonds is 6. The Kier molecular flexibility index (Phi) is 4.31. The van der Waals surface area contributed by atoms with E-state index >= 15 is 0 Å². The molecule has 1 aliphatic rings. The summed E-state index contributed by atoms with van der Waals surface area (Å²) in [5, 5.41) is 7.45. The smallest absolute Gasteiger partial charge is 0.257 e. The van der Waals surface area contributed by atoms with Crippen molar-refractivity contribution in [2.45, 2.75) is 32.9 Å². The molecule has 0 amide bonds. The van der Waals surface area contributed by atoms with Gasteiger partial charge in [-0.15, -0.1) is 0 Å². The molecule has 3 rings (SSSR count). The van der Waals surface area contributed by atoms with Gasteiger partial charge in [0, 0.05) is 24.7 Å². The first-order chi connectivity index (χ1) is 10.3. The van der Waals surface area contributed by atoms with Gasteiger partial charge in [-0.1, -0.05) is 29.8 Å². The monoisotopic (exact) mass is 286 g/mol. The minimum Gasteiger partial charge on any atom is -0.334 e. The summed E-state index contributed by atoms with van der Waals surface area (Å²) in [4.78, 5) is 6.98. The van der Waals surface area contributed by atoms with Crippen molar-refractivity contribution in [2.75, 3.05) is 19.6 Å². The molecule has 5 heteroatoms. The van der Waals surface area contributed by atoms with Gasteiger partial charge < -0.3 is 9.84 Å². The first kappa shape index (κ1) is 14.2. The average Bonchev–Trinajstić information content (AvgIpc) is 2.85. The summed E-state index contributed by atoms with van der Waals surface area (Å²) in [6.07, 6.45) is 1.14. The summed E-state index contributed by atoms with van der Waals surface area (Å²) in [6.45, 7) is 8.21. The molecule has 1 aliphatic heterocycles. The summed E-state index contributed by atoms with van der Waals surface area (Å²) >= 11 is 0. The molecule has 5 nitrogen and oxygen atoms in total. The van der Waals surface area contributed by atoms with E-state index in [-0.39, 0.29) is 0 Å². The van der Waals surface area contributed by atoms with Crippen molar-refractivity contribution in [3.8, 4) is 11.5 Å². The largest absolute Gasteiger partial charge is 0.334 e. The maximum absolute atomic E-state index is 5.41. The average molecular weight is 286 g/mol. The van der Waals surface area contributed by atoms with Gasteiger partial charge in [0.15, 0.2) is 5.82 Å². The number of hydrogen-bond donors (Lipinski definition) is 1. The lowest BCUT2D eigenvalue weighted by Crippen LogP contribution is -2.57. The van der Waals surface area contributed by atoms with Crippen LogP contribution in [0.2, 0.25) is 0 Å². The standard InChI is InChI=1S/C16H22N4O/c1-3-7-20(14-9-17-10-14)11-15-18-16(21-19-15)13-6-4-5-12(2)8-13/h4-6,8,14,17H,3,7,9-11H2,1-2H3. The van der Waals surface area contributed by atoms with Crippen LogP contribution in [0, 0.1) is 6.92 Å². The number of nitrogens with one attached hydrogen (secondary N) is 1. The number of aryl methyl sites for hydroxylation is 1. The second-order valence-electron chi connectivity index (χ2n) is 5.67. The zero-order chi connectivity index (χ0) is 14.7. The van der Waals surface area contributed by atoms with E-state index in [2.05, 4.69) is 46.3 Å². The molecule has 0 atom stereocenters. The third kappa shape index (κ3) is 3.31. The fourth-order valence-electron chi connectivity index (χ4n) is 2.60. The molecule has 2 heterocycles. The van der Waals surface area contributed by atoms with E-state index in [0.29, 0.717) is 11.9 Å². The molecule has 0 saturated carbocycles. The van der Waals surface area contributed by atoms with Crippen LogP contribution < -0.4 is 5.32 Å². The fraction of sp³-hybridized carbons (Fsp3) is 0.500. The van der Waals surface area contributed by atoms with Gasteiger partial charge >= 0.3 is 0 Å². The van der Waals surface area contributed by atoms with Crippen LogP contribution >= 0.6 is 0 Å². The van der Waals surface area contributed by atoms with Gasteiger partial charge in [0.2, 0.25) is 0 Å². The van der Waals surface area contributed by atoms with Crippen LogP contribution in [0.4, 0.5) is 0 Å². The Morgan fingerprint density at radius 2 is 2.24 bits per heavy atom. The Hall–Kier alpha value is -1.72. The van der Waals surface area contributed by atoms with Gasteiger partial charge in [-0.2, -0.15) is 4.98 Å². The summed E-state index contributed by atoms with van der Waals surface area (Å²) in [6, 6.07) is 8.75. The molecule has 1 saturated heterocycles. The second-order valence-corrected chi connectivity index (χ2v) is 5.67. The topological polar surface area (TPSA) is 54.2 Å². The highest BCUT2D eigenvalue weighted by Crippen LogP contribution is 2.19. The first-order valence-corrected chi connectivity index (χ1v) is 7.60. The zero-order valence-corrected chi connectivity index (χ0v) is 12.7. The Balaban J connectivity index is 1.71. The van der Waals surface area contributed by atoms with E-state index < -0.39 is 0 Å². The first-order valence-electron chi connectivity index (χ1n) is 7.60. The second kappa shape index (κ2) is 6.37. The van der Waals surface area contributed by atoms with Gasteiger partial charge in [-0.25, -0.2) is 0 Å². The maximum atomic E-state index is 5.41. The Morgan fingerprint density at radius 1 is 1.38 bits per heavy atom. The Labute approximate surface area is 125 Å². The van der Waals surface area contributed by atoms with Crippen LogP contribution in [0.5, 0.6) is 0 Å². The molecule has 0 spiro atoms. The van der Waals surface area contributed by atoms with E-state index in [9.17, 15) is 0 Å². The lowest BCUT2D eigenvalue weighted by molar-refractivity contribution is 0.133. The van der Waals surface area contributed by atoms with Crippen molar-refractivity contribution < 1.29 is 4.52 Å². The lowest BCUT2D eigenvalue weighted by atomic mass is 10.1. The van der Waals surface area contributed by atoms with Crippen molar-refractivity contribution in [3.05, 3.63) is 35.7 Å². The van der Waals surface area contributed by atoms with Gasteiger partial charge in [-0.3, -0.25) is 4.90 Å². The van der Waals surface area contributed by atoms with E-state index in [1.165, 1.54) is 5.56 Å². The highest BCUT2D eigenvalue weighted by Gasteiger charge is 2.25. The van der Waals surface area contributed by atoms with Crippen LogP contribution in [0.1, 0.15) is 24.7 Å². The predicted molar refractivity (Wildman–Crippen MR) is 81.8 cm³/mol. The van der Waals surface area contributed by atoms with Crippen molar-refractivity contribution in [3.63, 3.8) is 0 Å². The Morgan fingerprint density at radius 3 is 2.90 bits per heavy atom. The van der Waals surface area contributed by atoms with Crippen molar-refractivity contribution in [1.82, 2.24) is 20.4 Å². The zero-order valence-electron chi connectivity index (χ0n) is 12.7. The summed E-state index contributed by atoms with van der Waals surface area (Å²) < 4.78 is 5.41. The van der Waals surface area contributed by atoms with Crippen molar-refractivity contribution in [2.24, 2.45) is 0 Å². The maximum Gasteiger partial charge on any atom is 0.257 e. The van der Waals surface area contributed by atoms with Gasteiger partial charge in [0.05, 0.1) is 6.54 Å². The number of hydrogen-bond acceptors (Lipinski definition) is 5. The highest BCUT2D eigenvalue weighted by molar-refractivity contribution is 5.53. The summed E-state index contributed by atoms with van der Waals surface area (Å²) in [5.41, 5.74) is 2.18. The van der Waals surface area contributed by atoms with E-state index in [4.69, 9.17) is 4.52 Å². The van der Waals surface area contributed by atoms with Crippen molar-refractivity contribution in [1.29, 1.82) is 0 Å². The van der Waals surface area contributed by atoms with E-state index in [1.807, 2.05) is 12.1 Å². The number of aromatic nitrogens is 2. The molecule has 1 N–H and O–H groups in total. The normalized spacial score (nSPS) is 15.4. The Bertz CT molecular complexity index is 591. The molecular formula is C16H22N4O. The summed E-state index contributed by atoms with van der Waals surface area (Å²) in [7, 11) is 0. The quantitative estimate of drug-likeness (QED) is 0.882. The highest BCUT2D eigenvalue weighted by atomic mass is 16.5. The fourth-order valence-corrected chi connectivity index (χ4v) is 2.60. The van der Waals surface area contributed by atoms with Crippen LogP contribution in [0.15, 0.2) is 28.8 Å². The van der Waals surface area contributed by atoms with Crippen LogP contribution in [0.3, 0.4) is 0 Å². The van der Waals surface area contributed by atoms with E-state index in [0.717, 1.165) is 44.0 Å². The minimum atomic E-state index is 0.603. The molecule has 1 aromatic heterocycles. The molecule has 21 heavy (non-hydrogen) atoms. The molecule has 1 fully saturated rings. The number of nitrogens with zero attached hydrogens (tertiary/aromatic N) is 3. The molecule has 0 aliphatic carbocycles. The minimum absolute atomic E-state index is 0.603. The molecular weight excluding hydrogens is 264 g/mol. The van der Waals surface area contributed by atoms with Gasteiger partial charge in [0.1, 0.15) is 0 Å².